The fourth-order valence-corrected chi connectivity index (χ4v) is 1.27. The fourth-order valence-electron chi connectivity index (χ4n) is 1.27. The second kappa shape index (κ2) is 11.2. The van der Waals surface area contributed by atoms with Crippen molar-refractivity contribution in [3.05, 3.63) is 29.8 Å². The summed E-state index contributed by atoms with van der Waals surface area (Å²) in [6.45, 7) is 2.46. The summed E-state index contributed by atoms with van der Waals surface area (Å²) >= 11 is 0. The maximum Gasteiger partial charge on any atom is 2.00 e. The molecule has 0 radical (unpaired) electrons. The van der Waals surface area contributed by atoms with Gasteiger partial charge in [0.05, 0.1) is 24.0 Å². The van der Waals surface area contributed by atoms with Crippen LogP contribution in [0.2, 0.25) is 0 Å². The molecule has 0 bridgehead atoms. The molecule has 0 spiro atoms. The molecule has 0 N–H and O–H groups in total. The molecule has 1 aromatic rings. The van der Waals surface area contributed by atoms with E-state index in [0.717, 1.165) is 37.8 Å². The summed E-state index contributed by atoms with van der Waals surface area (Å²) in [6, 6.07) is 4.50. The van der Waals surface area contributed by atoms with Gasteiger partial charge >= 0.3 is 23.1 Å². The Morgan fingerprint density at radius 2 is 1.71 bits per heavy atom. The van der Waals surface area contributed by atoms with E-state index in [-0.39, 0.29) is 45.8 Å². The normalized spacial score (nSPS) is 9.12. The van der Waals surface area contributed by atoms with Gasteiger partial charge in [-0.05, 0) is 6.42 Å². The van der Waals surface area contributed by atoms with Gasteiger partial charge in [-0.15, -0.1) is 12.1 Å². The van der Waals surface area contributed by atoms with E-state index in [9.17, 15) is 8.78 Å². The third-order valence-electron chi connectivity index (χ3n) is 2.10. The van der Waals surface area contributed by atoms with Crippen LogP contribution in [0.3, 0.4) is 0 Å². The van der Waals surface area contributed by atoms with Crippen molar-refractivity contribution in [3.8, 4) is 5.75 Å². The average molecular weight is 317 g/mol. The molecule has 0 saturated carbocycles. The molecule has 0 aromatic heterocycles. The zero-order valence-corrected chi connectivity index (χ0v) is 12.9. The summed E-state index contributed by atoms with van der Waals surface area (Å²) in [5, 5.41) is 0. The SMILES string of the molecule is CCCCCCOc1c(F)c[c-]cc1F.[Br-].[Mg+2]. The molecular formula is C12H15BrF2MgO. The minimum atomic E-state index is -0.689. The summed E-state index contributed by atoms with van der Waals surface area (Å²) in [4.78, 5) is 0. The van der Waals surface area contributed by atoms with Gasteiger partial charge in [-0.1, -0.05) is 26.2 Å². The van der Waals surface area contributed by atoms with Gasteiger partial charge in [0.1, 0.15) is 0 Å². The number of hydrogen-bond acceptors (Lipinski definition) is 1. The van der Waals surface area contributed by atoms with Crippen molar-refractivity contribution in [3.63, 3.8) is 0 Å². The molecule has 0 saturated heterocycles. The van der Waals surface area contributed by atoms with Crippen LogP contribution in [0.25, 0.3) is 0 Å². The predicted octanol–water partition coefficient (Wildman–Crippen LogP) is 0.347. The van der Waals surface area contributed by atoms with E-state index < -0.39 is 11.6 Å². The first-order valence-electron chi connectivity index (χ1n) is 5.23. The summed E-state index contributed by atoms with van der Waals surface area (Å²) < 4.78 is 31.1. The monoisotopic (exact) mass is 316 g/mol. The van der Waals surface area contributed by atoms with Crippen molar-refractivity contribution in [2.24, 2.45) is 0 Å². The van der Waals surface area contributed by atoms with Gasteiger partial charge in [0.2, 0.25) is 0 Å². The second-order valence-electron chi connectivity index (χ2n) is 3.39. The molecule has 5 heteroatoms. The number of rotatable bonds is 6. The summed E-state index contributed by atoms with van der Waals surface area (Å²) in [5.74, 6) is -1.67. The van der Waals surface area contributed by atoms with Crippen molar-refractivity contribution in [2.75, 3.05) is 6.61 Å². The minimum absolute atomic E-state index is 0. The molecule has 1 aromatic carbocycles. The Morgan fingerprint density at radius 1 is 1.12 bits per heavy atom. The maximum atomic E-state index is 13.0. The van der Waals surface area contributed by atoms with Crippen LogP contribution in [0, 0.1) is 17.7 Å². The largest absolute Gasteiger partial charge is 2.00 e. The zero-order valence-electron chi connectivity index (χ0n) is 9.94. The van der Waals surface area contributed by atoms with Gasteiger partial charge in [0, 0.05) is 0 Å². The van der Waals surface area contributed by atoms with Crippen LogP contribution in [0.1, 0.15) is 32.6 Å². The minimum Gasteiger partial charge on any atom is -1.00 e. The van der Waals surface area contributed by atoms with E-state index in [2.05, 4.69) is 13.0 Å². The number of benzene rings is 1. The van der Waals surface area contributed by atoms with E-state index in [1.165, 1.54) is 0 Å². The molecule has 17 heavy (non-hydrogen) atoms. The number of halogens is 3. The first-order chi connectivity index (χ1) is 7.25. The van der Waals surface area contributed by atoms with Gasteiger partial charge in [0.25, 0.3) is 0 Å². The van der Waals surface area contributed by atoms with Gasteiger partial charge in [-0.2, -0.15) is 6.07 Å². The Bertz CT molecular complexity index is 290. The van der Waals surface area contributed by atoms with E-state index in [1.54, 1.807) is 0 Å². The van der Waals surface area contributed by atoms with E-state index in [4.69, 9.17) is 4.74 Å². The molecule has 0 aliphatic heterocycles. The number of ether oxygens (including phenoxy) is 1. The molecule has 0 heterocycles. The van der Waals surface area contributed by atoms with Crippen molar-refractivity contribution in [2.45, 2.75) is 32.6 Å². The molecule has 1 rings (SSSR count). The molecule has 92 valence electrons. The Labute approximate surface area is 128 Å². The van der Waals surface area contributed by atoms with Crippen LogP contribution in [0.5, 0.6) is 5.75 Å². The first kappa shape index (κ1) is 19.5. The topological polar surface area (TPSA) is 9.23 Å². The van der Waals surface area contributed by atoms with Crippen molar-refractivity contribution >= 4 is 23.1 Å². The maximum absolute atomic E-state index is 13.0. The molecule has 0 unspecified atom stereocenters. The molecule has 0 aliphatic rings. The predicted molar refractivity (Wildman–Crippen MR) is 60.6 cm³/mol. The van der Waals surface area contributed by atoms with E-state index >= 15 is 0 Å². The van der Waals surface area contributed by atoms with E-state index in [0.29, 0.717) is 6.61 Å². The van der Waals surface area contributed by atoms with Gasteiger partial charge in [-0.25, -0.2) is 0 Å². The molecule has 0 fully saturated rings. The molecule has 0 atom stereocenters. The van der Waals surface area contributed by atoms with Crippen molar-refractivity contribution in [1.82, 2.24) is 0 Å². The Hall–Kier alpha value is 0.126. The fraction of sp³-hybridized carbons (Fsp3) is 0.500. The second-order valence-corrected chi connectivity index (χ2v) is 3.39. The van der Waals surface area contributed by atoms with Crippen LogP contribution in [-0.2, 0) is 0 Å². The van der Waals surface area contributed by atoms with E-state index in [1.807, 2.05) is 0 Å². The average Bonchev–Trinajstić information content (AvgIpc) is 2.21. The quantitative estimate of drug-likeness (QED) is 0.418. The van der Waals surface area contributed by atoms with Crippen LogP contribution in [0.15, 0.2) is 12.1 Å². The number of hydrogen-bond donors (Lipinski definition) is 0. The third-order valence-corrected chi connectivity index (χ3v) is 2.10. The van der Waals surface area contributed by atoms with Crippen LogP contribution in [0.4, 0.5) is 8.78 Å². The third kappa shape index (κ3) is 7.21. The van der Waals surface area contributed by atoms with Crippen LogP contribution >= 0.6 is 0 Å². The molecule has 1 nitrogen and oxygen atoms in total. The summed E-state index contributed by atoms with van der Waals surface area (Å²) in [6.07, 6.45) is 4.10. The smallest absolute Gasteiger partial charge is 1.00 e. The molecule has 0 amide bonds. The van der Waals surface area contributed by atoms with Crippen molar-refractivity contribution in [1.29, 1.82) is 0 Å². The van der Waals surface area contributed by atoms with Gasteiger partial charge in [-0.3, -0.25) is 8.78 Å². The van der Waals surface area contributed by atoms with Crippen molar-refractivity contribution < 1.29 is 30.5 Å². The van der Waals surface area contributed by atoms with Crippen LogP contribution < -0.4 is 21.7 Å². The van der Waals surface area contributed by atoms with Gasteiger partial charge in [0.15, 0.2) is 0 Å². The molecule has 0 aliphatic carbocycles. The zero-order chi connectivity index (χ0) is 11.1. The molecular weight excluding hydrogens is 302 g/mol. The standard InChI is InChI=1S/C12H15F2O.BrH.Mg/c1-2-3-4-5-9-15-12-10(13)7-6-8-11(12)14;;/h7-8H,2-5,9H2,1H3;1H;/q-1;;+2/p-1. The Kier molecular flexibility index (Phi) is 12.9. The summed E-state index contributed by atoms with van der Waals surface area (Å²) in [7, 11) is 0. The summed E-state index contributed by atoms with van der Waals surface area (Å²) in [5.41, 5.74) is 0. The Morgan fingerprint density at radius 3 is 2.24 bits per heavy atom. The number of unbranched alkanes of at least 4 members (excludes halogenated alkanes) is 3. The first-order valence-corrected chi connectivity index (χ1v) is 5.23. The van der Waals surface area contributed by atoms with Gasteiger partial charge < -0.3 is 21.7 Å². The van der Waals surface area contributed by atoms with Crippen LogP contribution in [-0.4, -0.2) is 29.7 Å². The Balaban J connectivity index is 0.